The van der Waals surface area contributed by atoms with Crippen LogP contribution in [0.15, 0.2) is 6.07 Å². The van der Waals surface area contributed by atoms with Crippen LogP contribution in [0.4, 0.5) is 0 Å². The van der Waals surface area contributed by atoms with Crippen LogP contribution in [0.1, 0.15) is 49.8 Å². The van der Waals surface area contributed by atoms with E-state index in [9.17, 15) is 0 Å². The molecule has 128 valence electrons. The Labute approximate surface area is 143 Å². The van der Waals surface area contributed by atoms with E-state index in [1.165, 1.54) is 11.1 Å². The number of ether oxygens (including phenoxy) is 2. The number of nitrogens with two attached hydrogens (primary N) is 1. The lowest BCUT2D eigenvalue weighted by atomic mass is 9.89. The van der Waals surface area contributed by atoms with Gasteiger partial charge in [-0.25, -0.2) is 0 Å². The van der Waals surface area contributed by atoms with Crippen LogP contribution in [0.2, 0.25) is 5.02 Å². The van der Waals surface area contributed by atoms with E-state index in [1.54, 1.807) is 0 Å². The molecule has 0 aromatic heterocycles. The molecule has 2 atom stereocenters. The molecule has 0 radical (unpaired) electrons. The van der Waals surface area contributed by atoms with Gasteiger partial charge in [0.25, 0.3) is 0 Å². The van der Waals surface area contributed by atoms with Crippen molar-refractivity contribution < 1.29 is 9.47 Å². The molecule has 4 nitrogen and oxygen atoms in total. The molecule has 0 aliphatic carbocycles. The zero-order valence-corrected chi connectivity index (χ0v) is 15.0. The highest BCUT2D eigenvalue weighted by Gasteiger charge is 2.34. The Hall–Kier alpha value is -0.970. The van der Waals surface area contributed by atoms with Crippen LogP contribution in [0.25, 0.3) is 0 Å². The second kappa shape index (κ2) is 6.88. The van der Waals surface area contributed by atoms with E-state index >= 15 is 0 Å². The Morgan fingerprint density at radius 2 is 2.00 bits per heavy atom. The summed E-state index contributed by atoms with van der Waals surface area (Å²) in [5.41, 5.74) is 8.41. The highest BCUT2D eigenvalue weighted by molar-refractivity contribution is 6.32. The summed E-state index contributed by atoms with van der Waals surface area (Å²) in [5, 5.41) is 0.658. The lowest BCUT2D eigenvalue weighted by Gasteiger charge is -2.27. The van der Waals surface area contributed by atoms with Gasteiger partial charge in [-0.05, 0) is 43.5 Å². The van der Waals surface area contributed by atoms with Crippen LogP contribution in [0.5, 0.6) is 11.5 Å². The second-order valence-corrected chi connectivity index (χ2v) is 7.42. The summed E-state index contributed by atoms with van der Waals surface area (Å²) < 4.78 is 11.9. The van der Waals surface area contributed by atoms with Crippen molar-refractivity contribution in [2.24, 2.45) is 11.7 Å². The molecule has 23 heavy (non-hydrogen) atoms. The molecule has 1 saturated heterocycles. The molecule has 2 heterocycles. The summed E-state index contributed by atoms with van der Waals surface area (Å²) in [6, 6.07) is 2.43. The second-order valence-electron chi connectivity index (χ2n) is 7.02. The number of halogens is 1. The number of benzene rings is 1. The first-order valence-electron chi connectivity index (χ1n) is 8.55. The Bertz CT molecular complexity index is 577. The van der Waals surface area contributed by atoms with Crippen molar-refractivity contribution in [1.29, 1.82) is 0 Å². The van der Waals surface area contributed by atoms with Gasteiger partial charge in [0.1, 0.15) is 0 Å². The molecule has 0 spiro atoms. The molecule has 2 aliphatic rings. The van der Waals surface area contributed by atoms with Gasteiger partial charge in [-0.1, -0.05) is 25.4 Å². The first-order chi connectivity index (χ1) is 11.0. The molecule has 0 amide bonds. The Kier molecular flexibility index (Phi) is 5.04. The maximum Gasteiger partial charge on any atom is 0.180 e. The van der Waals surface area contributed by atoms with E-state index in [0.717, 1.165) is 31.7 Å². The third-order valence-corrected chi connectivity index (χ3v) is 5.23. The predicted octanol–water partition coefficient (Wildman–Crippen LogP) is 3.58. The van der Waals surface area contributed by atoms with E-state index in [-0.39, 0.29) is 0 Å². The normalized spacial score (nSPS) is 25.0. The predicted molar refractivity (Wildman–Crippen MR) is 93.7 cm³/mol. The highest BCUT2D eigenvalue weighted by atomic mass is 35.5. The lowest BCUT2D eigenvalue weighted by molar-refractivity contribution is 0.294. The van der Waals surface area contributed by atoms with E-state index in [4.69, 9.17) is 26.8 Å². The lowest BCUT2D eigenvalue weighted by Crippen LogP contribution is -2.21. The van der Waals surface area contributed by atoms with Crippen LogP contribution in [-0.2, 0) is 0 Å². The van der Waals surface area contributed by atoms with Gasteiger partial charge in [0.15, 0.2) is 11.5 Å². The molecule has 2 aliphatic heterocycles. The van der Waals surface area contributed by atoms with E-state index < -0.39 is 0 Å². The number of nitrogens with zero attached hydrogens (tertiary/aromatic N) is 1. The molecule has 2 unspecified atom stereocenters. The number of hydrogen-bond donors (Lipinski definition) is 1. The van der Waals surface area contributed by atoms with Crippen LogP contribution >= 0.6 is 11.6 Å². The zero-order chi connectivity index (χ0) is 16.6. The minimum Gasteiger partial charge on any atom is -0.489 e. The van der Waals surface area contributed by atoms with Gasteiger partial charge in [0, 0.05) is 24.6 Å². The largest absolute Gasteiger partial charge is 0.489 e. The maximum absolute atomic E-state index is 6.54. The Morgan fingerprint density at radius 3 is 2.61 bits per heavy atom. The number of hydrogen-bond acceptors (Lipinski definition) is 4. The first-order valence-corrected chi connectivity index (χ1v) is 8.92. The van der Waals surface area contributed by atoms with Crippen molar-refractivity contribution in [3.63, 3.8) is 0 Å². The fraction of sp³-hybridized carbons (Fsp3) is 0.667. The summed E-state index contributed by atoms with van der Waals surface area (Å²) in [5.74, 6) is 2.46. The summed E-state index contributed by atoms with van der Waals surface area (Å²) in [7, 11) is 2.17. The summed E-state index contributed by atoms with van der Waals surface area (Å²) in [4.78, 5) is 2.39. The summed E-state index contributed by atoms with van der Waals surface area (Å²) in [6.07, 6.45) is 1.96. The molecule has 2 N–H and O–H groups in total. The minimum absolute atomic E-state index is 0.343. The fourth-order valence-electron chi connectivity index (χ4n) is 3.84. The van der Waals surface area contributed by atoms with Crippen LogP contribution in [0.3, 0.4) is 0 Å². The number of fused-ring (bicyclic) bond motifs is 1. The number of rotatable bonds is 3. The molecule has 5 heteroatoms. The Balaban J connectivity index is 2.10. The van der Waals surface area contributed by atoms with Gasteiger partial charge in [-0.15, -0.1) is 0 Å². The van der Waals surface area contributed by atoms with E-state index in [2.05, 4.69) is 31.9 Å². The van der Waals surface area contributed by atoms with Gasteiger partial charge in [-0.3, -0.25) is 4.90 Å². The van der Waals surface area contributed by atoms with E-state index in [1.807, 2.05) is 0 Å². The molecular formula is C18H27ClN2O2. The SMILES string of the molecule is CC(C)c1c(C2CC(CN)CN2C)cc(Cl)c2c1OCCCO2. The van der Waals surface area contributed by atoms with Gasteiger partial charge in [-0.2, -0.15) is 0 Å². The van der Waals surface area contributed by atoms with Gasteiger partial charge >= 0.3 is 0 Å². The average molecular weight is 339 g/mol. The van der Waals surface area contributed by atoms with Crippen LogP contribution in [-0.4, -0.2) is 38.3 Å². The van der Waals surface area contributed by atoms with Crippen molar-refractivity contribution in [1.82, 2.24) is 4.90 Å². The van der Waals surface area contributed by atoms with Crippen molar-refractivity contribution in [3.05, 3.63) is 22.2 Å². The molecule has 0 bridgehead atoms. The van der Waals surface area contributed by atoms with Crippen molar-refractivity contribution in [3.8, 4) is 11.5 Å². The summed E-state index contributed by atoms with van der Waals surface area (Å²) >= 11 is 6.54. The monoisotopic (exact) mass is 338 g/mol. The van der Waals surface area contributed by atoms with Gasteiger partial charge < -0.3 is 15.2 Å². The number of likely N-dealkylation sites (tertiary alicyclic amines) is 1. The average Bonchev–Trinajstić information content (AvgIpc) is 2.72. The molecule has 1 fully saturated rings. The third kappa shape index (κ3) is 3.17. The molecular weight excluding hydrogens is 312 g/mol. The molecule has 0 saturated carbocycles. The molecule has 1 aromatic rings. The summed E-state index contributed by atoms with van der Waals surface area (Å²) in [6.45, 7) is 7.51. The van der Waals surface area contributed by atoms with Gasteiger partial charge in [0.05, 0.1) is 18.2 Å². The first kappa shape index (κ1) is 16.9. The van der Waals surface area contributed by atoms with Crippen molar-refractivity contribution >= 4 is 11.6 Å². The third-order valence-electron chi connectivity index (χ3n) is 4.95. The zero-order valence-electron chi connectivity index (χ0n) is 14.3. The smallest absolute Gasteiger partial charge is 0.180 e. The van der Waals surface area contributed by atoms with Gasteiger partial charge in [0.2, 0.25) is 0 Å². The van der Waals surface area contributed by atoms with Crippen molar-refractivity contribution in [2.75, 3.05) is 33.4 Å². The molecule has 3 rings (SSSR count). The molecule has 1 aromatic carbocycles. The van der Waals surface area contributed by atoms with Crippen LogP contribution in [0, 0.1) is 5.92 Å². The Morgan fingerprint density at radius 1 is 1.30 bits per heavy atom. The van der Waals surface area contributed by atoms with Crippen LogP contribution < -0.4 is 15.2 Å². The minimum atomic E-state index is 0.343. The quantitative estimate of drug-likeness (QED) is 0.915. The van der Waals surface area contributed by atoms with E-state index in [0.29, 0.717) is 41.9 Å². The maximum atomic E-state index is 6.54. The fourth-order valence-corrected chi connectivity index (χ4v) is 4.10. The van der Waals surface area contributed by atoms with Crippen molar-refractivity contribution in [2.45, 2.75) is 38.6 Å². The standard InChI is InChI=1S/C18H27ClN2O2/c1-11(2)16-13(15-7-12(9-20)10-21(15)3)8-14(19)17-18(16)23-6-4-5-22-17/h8,11-12,15H,4-7,9-10,20H2,1-3H3. The highest BCUT2D eigenvalue weighted by Crippen LogP contribution is 2.48. The topological polar surface area (TPSA) is 47.7 Å².